The van der Waals surface area contributed by atoms with Crippen LogP contribution < -0.4 is 20.2 Å². The molecule has 0 aliphatic rings. The zero-order valence-electron chi connectivity index (χ0n) is 20.7. The number of hydrogen-bond acceptors (Lipinski definition) is 6. The molecule has 11 heteroatoms. The number of amides is 2. The minimum atomic E-state index is -0.611. The number of halogens is 3. The van der Waals surface area contributed by atoms with Crippen molar-refractivity contribution in [3.05, 3.63) is 92.4 Å². The summed E-state index contributed by atoms with van der Waals surface area (Å²) in [5, 5.41) is 7.98. The van der Waals surface area contributed by atoms with E-state index in [1.807, 2.05) is 30.3 Å². The second-order valence-electron chi connectivity index (χ2n) is 7.88. The molecule has 0 unspecified atom stereocenters. The molecular formula is C27H26Cl3N3O5. The van der Waals surface area contributed by atoms with Gasteiger partial charge in [0.25, 0.3) is 0 Å². The fraction of sp³-hybridized carbons (Fsp3) is 0.222. The van der Waals surface area contributed by atoms with Gasteiger partial charge in [-0.25, -0.2) is 10.2 Å². The number of alkyl carbamates (subject to hydrolysis) is 1. The van der Waals surface area contributed by atoms with Gasteiger partial charge in [0.2, 0.25) is 5.91 Å². The molecule has 0 radical (unpaired) electrons. The van der Waals surface area contributed by atoms with Crippen molar-refractivity contribution in [2.24, 2.45) is 5.10 Å². The number of nitrogens with zero attached hydrogens (tertiary/aromatic N) is 1. The summed E-state index contributed by atoms with van der Waals surface area (Å²) in [4.78, 5) is 24.5. The van der Waals surface area contributed by atoms with Crippen molar-refractivity contribution in [2.75, 3.05) is 13.7 Å². The summed E-state index contributed by atoms with van der Waals surface area (Å²) in [5.41, 5.74) is 4.51. The first kappa shape index (κ1) is 29.1. The highest BCUT2D eigenvalue weighted by atomic mass is 35.5. The van der Waals surface area contributed by atoms with E-state index in [-0.39, 0.29) is 24.7 Å². The van der Waals surface area contributed by atoms with Gasteiger partial charge < -0.3 is 19.5 Å². The van der Waals surface area contributed by atoms with Crippen LogP contribution in [-0.4, -0.2) is 31.9 Å². The lowest BCUT2D eigenvalue weighted by molar-refractivity contribution is -0.121. The van der Waals surface area contributed by atoms with Crippen LogP contribution in [0.4, 0.5) is 4.79 Å². The molecule has 0 bridgehead atoms. The Balaban J connectivity index is 1.65. The molecule has 0 aliphatic carbocycles. The van der Waals surface area contributed by atoms with E-state index in [4.69, 9.17) is 49.0 Å². The molecule has 0 heterocycles. The zero-order valence-corrected chi connectivity index (χ0v) is 22.9. The van der Waals surface area contributed by atoms with E-state index in [2.05, 4.69) is 15.8 Å². The Morgan fingerprint density at radius 2 is 1.79 bits per heavy atom. The minimum absolute atomic E-state index is 0.0513. The molecule has 0 saturated carbocycles. The predicted octanol–water partition coefficient (Wildman–Crippen LogP) is 6.56. The van der Waals surface area contributed by atoms with E-state index in [0.29, 0.717) is 27.1 Å². The third-order valence-electron chi connectivity index (χ3n) is 5.20. The number of benzene rings is 3. The lowest BCUT2D eigenvalue weighted by Gasteiger charge is -2.18. The number of hydrazone groups is 1. The summed E-state index contributed by atoms with van der Waals surface area (Å²) in [5.74, 6) is 0.292. The summed E-state index contributed by atoms with van der Waals surface area (Å²) < 4.78 is 16.2. The Bertz CT molecular complexity index is 1290. The largest absolute Gasteiger partial charge is 0.493 e. The molecule has 0 aliphatic heterocycles. The SMILES string of the molecule is CCOC(=O)N[C@@H](CC(=O)N/N=C\c1cc(Cl)c(OCc2ccc(Cl)cc2Cl)c(OC)c1)c1ccccc1. The van der Waals surface area contributed by atoms with Crippen LogP contribution >= 0.6 is 34.8 Å². The van der Waals surface area contributed by atoms with Gasteiger partial charge in [-0.15, -0.1) is 0 Å². The topological polar surface area (TPSA) is 98.2 Å². The minimum Gasteiger partial charge on any atom is -0.493 e. The van der Waals surface area contributed by atoms with Gasteiger partial charge in [0.05, 0.1) is 37.4 Å². The van der Waals surface area contributed by atoms with Crippen LogP contribution in [0.25, 0.3) is 0 Å². The van der Waals surface area contributed by atoms with E-state index in [1.54, 1.807) is 37.3 Å². The van der Waals surface area contributed by atoms with E-state index in [0.717, 1.165) is 11.1 Å². The molecule has 2 amide bonds. The molecule has 38 heavy (non-hydrogen) atoms. The van der Waals surface area contributed by atoms with E-state index in [9.17, 15) is 9.59 Å². The average Bonchev–Trinajstić information content (AvgIpc) is 2.89. The number of methoxy groups -OCH3 is 1. The second-order valence-corrected chi connectivity index (χ2v) is 9.13. The molecule has 0 spiro atoms. The van der Waals surface area contributed by atoms with Gasteiger partial charge in [-0.3, -0.25) is 4.79 Å². The predicted molar refractivity (Wildman–Crippen MR) is 148 cm³/mol. The highest BCUT2D eigenvalue weighted by Gasteiger charge is 2.19. The molecule has 0 fully saturated rings. The molecule has 1 atom stereocenters. The molecule has 200 valence electrons. The molecule has 3 aromatic rings. The standard InChI is InChI=1S/C27H26Cl3N3O5/c1-3-37-27(35)32-23(18-7-5-4-6-8-18)14-25(34)33-31-15-17-11-22(30)26(24(12-17)36-2)38-16-19-9-10-20(28)13-21(19)29/h4-13,15,23H,3,14,16H2,1-2H3,(H,32,35)(H,33,34)/b31-15-/t23-/m0/s1. The highest BCUT2D eigenvalue weighted by Crippen LogP contribution is 2.37. The fourth-order valence-corrected chi connectivity index (χ4v) is 4.14. The summed E-state index contributed by atoms with van der Waals surface area (Å²) in [6, 6.07) is 16.9. The number of carbonyl (C=O) groups is 2. The molecule has 3 rings (SSSR count). The molecule has 8 nitrogen and oxygen atoms in total. The quantitative estimate of drug-likeness (QED) is 0.198. The summed E-state index contributed by atoms with van der Waals surface area (Å²) in [6.45, 7) is 2.07. The summed E-state index contributed by atoms with van der Waals surface area (Å²) in [6.07, 6.45) is 0.757. The van der Waals surface area contributed by atoms with Crippen molar-refractivity contribution in [3.8, 4) is 11.5 Å². The van der Waals surface area contributed by atoms with Crippen molar-refractivity contribution in [3.63, 3.8) is 0 Å². The number of nitrogens with one attached hydrogen (secondary N) is 2. The van der Waals surface area contributed by atoms with Crippen LogP contribution in [0.15, 0.2) is 65.8 Å². The first-order valence-corrected chi connectivity index (χ1v) is 12.7. The van der Waals surface area contributed by atoms with Crippen LogP contribution in [-0.2, 0) is 16.1 Å². The monoisotopic (exact) mass is 577 g/mol. The van der Waals surface area contributed by atoms with Gasteiger partial charge in [0.15, 0.2) is 11.5 Å². The Morgan fingerprint density at radius 1 is 1.03 bits per heavy atom. The Kier molecular flexibility index (Phi) is 11.1. The molecular weight excluding hydrogens is 553 g/mol. The zero-order chi connectivity index (χ0) is 27.5. The van der Waals surface area contributed by atoms with Crippen molar-refractivity contribution >= 4 is 53.0 Å². The van der Waals surface area contributed by atoms with Gasteiger partial charge in [-0.05, 0) is 42.3 Å². The highest BCUT2D eigenvalue weighted by molar-refractivity contribution is 6.35. The lowest BCUT2D eigenvalue weighted by Crippen LogP contribution is -2.33. The van der Waals surface area contributed by atoms with Crippen LogP contribution in [0.5, 0.6) is 11.5 Å². The van der Waals surface area contributed by atoms with Gasteiger partial charge in [-0.2, -0.15) is 5.10 Å². The van der Waals surface area contributed by atoms with Crippen molar-refractivity contribution < 1.29 is 23.8 Å². The normalized spacial score (nSPS) is 11.6. The Morgan fingerprint density at radius 3 is 2.47 bits per heavy atom. The van der Waals surface area contributed by atoms with E-state index >= 15 is 0 Å². The third-order valence-corrected chi connectivity index (χ3v) is 6.07. The van der Waals surface area contributed by atoms with Gasteiger partial charge >= 0.3 is 6.09 Å². The Hall–Kier alpha value is -3.46. The number of hydrogen-bond donors (Lipinski definition) is 2. The Labute approximate surface area is 235 Å². The molecule has 0 saturated heterocycles. The maximum Gasteiger partial charge on any atom is 0.407 e. The first-order valence-electron chi connectivity index (χ1n) is 11.5. The molecule has 2 N–H and O–H groups in total. The van der Waals surface area contributed by atoms with E-state index in [1.165, 1.54) is 13.3 Å². The summed E-state index contributed by atoms with van der Waals surface area (Å²) in [7, 11) is 1.48. The summed E-state index contributed by atoms with van der Waals surface area (Å²) >= 11 is 18.6. The van der Waals surface area contributed by atoms with E-state index < -0.39 is 18.0 Å². The van der Waals surface area contributed by atoms with Crippen molar-refractivity contribution in [1.82, 2.24) is 10.7 Å². The third kappa shape index (κ3) is 8.55. The number of carbonyl (C=O) groups excluding carboxylic acids is 2. The molecule has 0 aromatic heterocycles. The van der Waals surface area contributed by atoms with Crippen LogP contribution in [0.2, 0.25) is 15.1 Å². The number of rotatable bonds is 11. The van der Waals surface area contributed by atoms with Crippen molar-refractivity contribution in [2.45, 2.75) is 26.0 Å². The van der Waals surface area contributed by atoms with Crippen LogP contribution in [0, 0.1) is 0 Å². The maximum atomic E-state index is 12.6. The van der Waals surface area contributed by atoms with Gasteiger partial charge in [0, 0.05) is 15.6 Å². The van der Waals surface area contributed by atoms with Gasteiger partial charge in [0.1, 0.15) is 6.61 Å². The fourth-order valence-electron chi connectivity index (χ4n) is 3.41. The van der Waals surface area contributed by atoms with Gasteiger partial charge in [-0.1, -0.05) is 71.2 Å². The first-order chi connectivity index (χ1) is 18.3. The second kappa shape index (κ2) is 14.5. The number of ether oxygens (including phenoxy) is 3. The van der Waals surface area contributed by atoms with Crippen LogP contribution in [0.1, 0.15) is 36.1 Å². The maximum absolute atomic E-state index is 12.6. The average molecular weight is 579 g/mol. The smallest absolute Gasteiger partial charge is 0.407 e. The lowest BCUT2D eigenvalue weighted by atomic mass is 10.0. The van der Waals surface area contributed by atoms with Crippen LogP contribution in [0.3, 0.4) is 0 Å². The molecule has 3 aromatic carbocycles. The van der Waals surface area contributed by atoms with Crippen molar-refractivity contribution in [1.29, 1.82) is 0 Å².